The van der Waals surface area contributed by atoms with Crippen LogP contribution >= 0.6 is 0 Å². The molecule has 5 heteroatoms. The molecule has 2 rings (SSSR count). The predicted octanol–water partition coefficient (Wildman–Crippen LogP) is -0.735. The molecular weight excluding hydrogens is 218 g/mol. The van der Waals surface area contributed by atoms with E-state index in [0.717, 1.165) is 52.0 Å². The summed E-state index contributed by atoms with van der Waals surface area (Å²) in [6.07, 6.45) is 3.15. The topological polar surface area (TPSA) is 55.8 Å². The van der Waals surface area contributed by atoms with Gasteiger partial charge in [-0.15, -0.1) is 0 Å². The number of carbonyl (C=O) groups excluding carboxylic acids is 1. The lowest BCUT2D eigenvalue weighted by Gasteiger charge is -2.36. The van der Waals surface area contributed by atoms with Crippen LogP contribution in [0.25, 0.3) is 0 Å². The molecule has 1 amide bonds. The van der Waals surface area contributed by atoms with Gasteiger partial charge < -0.3 is 15.3 Å². The SMILES string of the molecule is O=C(CN1CCNCC1)N1CCCCC1CO. The second-order valence-electron chi connectivity index (χ2n) is 4.95. The van der Waals surface area contributed by atoms with Gasteiger partial charge in [-0.05, 0) is 19.3 Å². The minimum atomic E-state index is 0.0548. The largest absolute Gasteiger partial charge is 0.394 e. The van der Waals surface area contributed by atoms with E-state index in [9.17, 15) is 9.90 Å². The number of aliphatic hydroxyl groups excluding tert-OH is 1. The normalized spacial score (nSPS) is 27.1. The van der Waals surface area contributed by atoms with Crippen molar-refractivity contribution in [3.05, 3.63) is 0 Å². The molecular formula is C12H23N3O2. The summed E-state index contributed by atoms with van der Waals surface area (Å²) >= 11 is 0. The minimum Gasteiger partial charge on any atom is -0.394 e. The first-order valence-corrected chi connectivity index (χ1v) is 6.64. The maximum Gasteiger partial charge on any atom is 0.237 e. The molecule has 98 valence electrons. The molecule has 17 heavy (non-hydrogen) atoms. The Bertz CT molecular complexity index is 254. The number of hydrogen-bond donors (Lipinski definition) is 2. The molecule has 2 fully saturated rings. The molecule has 0 aromatic heterocycles. The predicted molar refractivity (Wildman–Crippen MR) is 65.7 cm³/mol. The van der Waals surface area contributed by atoms with Crippen molar-refractivity contribution in [3.8, 4) is 0 Å². The summed E-state index contributed by atoms with van der Waals surface area (Å²) in [6, 6.07) is 0.0548. The van der Waals surface area contributed by atoms with Crippen molar-refractivity contribution in [1.82, 2.24) is 15.1 Å². The van der Waals surface area contributed by atoms with E-state index in [-0.39, 0.29) is 18.6 Å². The van der Waals surface area contributed by atoms with Crippen LogP contribution in [0.15, 0.2) is 0 Å². The number of hydrogen-bond acceptors (Lipinski definition) is 4. The van der Waals surface area contributed by atoms with E-state index in [1.807, 2.05) is 4.90 Å². The minimum absolute atomic E-state index is 0.0548. The molecule has 0 radical (unpaired) electrons. The third-order valence-electron chi connectivity index (χ3n) is 3.73. The van der Waals surface area contributed by atoms with E-state index in [1.54, 1.807) is 0 Å². The van der Waals surface area contributed by atoms with Crippen molar-refractivity contribution in [3.63, 3.8) is 0 Å². The van der Waals surface area contributed by atoms with Crippen LogP contribution in [0.1, 0.15) is 19.3 Å². The highest BCUT2D eigenvalue weighted by Crippen LogP contribution is 2.16. The molecule has 0 aliphatic carbocycles. The quantitative estimate of drug-likeness (QED) is 0.684. The lowest BCUT2D eigenvalue weighted by molar-refractivity contribution is -0.137. The van der Waals surface area contributed by atoms with Gasteiger partial charge in [0.1, 0.15) is 0 Å². The van der Waals surface area contributed by atoms with Crippen LogP contribution in [0.5, 0.6) is 0 Å². The molecule has 2 heterocycles. The van der Waals surface area contributed by atoms with Gasteiger partial charge in [-0.3, -0.25) is 9.69 Å². The second kappa shape index (κ2) is 6.33. The van der Waals surface area contributed by atoms with Gasteiger partial charge in [-0.25, -0.2) is 0 Å². The van der Waals surface area contributed by atoms with Gasteiger partial charge in [-0.1, -0.05) is 0 Å². The van der Waals surface area contributed by atoms with Crippen LogP contribution in [0.3, 0.4) is 0 Å². The van der Waals surface area contributed by atoms with Crippen molar-refractivity contribution in [2.45, 2.75) is 25.3 Å². The lowest BCUT2D eigenvalue weighted by atomic mass is 10.0. The van der Waals surface area contributed by atoms with Gasteiger partial charge in [0.2, 0.25) is 5.91 Å². The van der Waals surface area contributed by atoms with Gasteiger partial charge in [0.05, 0.1) is 19.2 Å². The molecule has 0 spiro atoms. The molecule has 5 nitrogen and oxygen atoms in total. The zero-order valence-corrected chi connectivity index (χ0v) is 10.4. The van der Waals surface area contributed by atoms with Crippen LogP contribution in [0.4, 0.5) is 0 Å². The molecule has 0 saturated carbocycles. The number of carbonyl (C=O) groups is 1. The maximum atomic E-state index is 12.2. The van der Waals surface area contributed by atoms with Gasteiger partial charge in [0.25, 0.3) is 0 Å². The van der Waals surface area contributed by atoms with Crippen molar-refractivity contribution >= 4 is 5.91 Å². The fraction of sp³-hybridized carbons (Fsp3) is 0.917. The Labute approximate surface area is 103 Å². The Morgan fingerprint density at radius 3 is 2.71 bits per heavy atom. The Balaban J connectivity index is 1.84. The standard InChI is InChI=1S/C12H23N3O2/c16-10-11-3-1-2-6-15(11)12(17)9-14-7-4-13-5-8-14/h11,13,16H,1-10H2. The van der Waals surface area contributed by atoms with E-state index >= 15 is 0 Å². The summed E-state index contributed by atoms with van der Waals surface area (Å²) < 4.78 is 0. The van der Waals surface area contributed by atoms with Gasteiger partial charge in [0, 0.05) is 32.7 Å². The molecule has 0 aromatic carbocycles. The highest BCUT2D eigenvalue weighted by Gasteiger charge is 2.27. The number of nitrogens with zero attached hydrogens (tertiary/aromatic N) is 2. The smallest absolute Gasteiger partial charge is 0.237 e. The molecule has 0 aromatic rings. The van der Waals surface area contributed by atoms with E-state index in [2.05, 4.69) is 10.2 Å². The Morgan fingerprint density at radius 1 is 1.24 bits per heavy atom. The van der Waals surface area contributed by atoms with Crippen molar-refractivity contribution in [2.75, 3.05) is 45.9 Å². The van der Waals surface area contributed by atoms with E-state index in [1.165, 1.54) is 0 Å². The molecule has 2 aliphatic rings. The number of amides is 1. The summed E-state index contributed by atoms with van der Waals surface area (Å²) in [5, 5.41) is 12.6. The van der Waals surface area contributed by atoms with Gasteiger partial charge in [-0.2, -0.15) is 0 Å². The number of piperidine rings is 1. The maximum absolute atomic E-state index is 12.2. The fourth-order valence-corrected chi connectivity index (χ4v) is 2.67. The first-order valence-electron chi connectivity index (χ1n) is 6.64. The number of nitrogens with one attached hydrogen (secondary N) is 1. The third-order valence-corrected chi connectivity index (χ3v) is 3.73. The van der Waals surface area contributed by atoms with E-state index < -0.39 is 0 Å². The number of likely N-dealkylation sites (tertiary alicyclic amines) is 1. The van der Waals surface area contributed by atoms with Crippen molar-refractivity contribution in [1.29, 1.82) is 0 Å². The summed E-state index contributed by atoms with van der Waals surface area (Å²) in [6.45, 7) is 5.27. The average Bonchev–Trinajstić information content (AvgIpc) is 2.40. The molecule has 2 saturated heterocycles. The Morgan fingerprint density at radius 2 is 2.00 bits per heavy atom. The van der Waals surface area contributed by atoms with Crippen LogP contribution in [-0.2, 0) is 4.79 Å². The third kappa shape index (κ3) is 3.40. The molecule has 2 N–H and O–H groups in total. The number of piperazine rings is 1. The zero-order chi connectivity index (χ0) is 12.1. The highest BCUT2D eigenvalue weighted by molar-refractivity contribution is 5.78. The zero-order valence-electron chi connectivity index (χ0n) is 10.4. The van der Waals surface area contributed by atoms with Crippen LogP contribution in [0, 0.1) is 0 Å². The first kappa shape index (κ1) is 12.8. The van der Waals surface area contributed by atoms with Gasteiger partial charge >= 0.3 is 0 Å². The summed E-state index contributed by atoms with van der Waals surface area (Å²) in [5.41, 5.74) is 0. The van der Waals surface area contributed by atoms with Crippen molar-refractivity contribution in [2.24, 2.45) is 0 Å². The van der Waals surface area contributed by atoms with E-state index in [4.69, 9.17) is 0 Å². The lowest BCUT2D eigenvalue weighted by Crippen LogP contribution is -2.52. The monoisotopic (exact) mass is 241 g/mol. The summed E-state index contributed by atoms with van der Waals surface area (Å²) in [5.74, 6) is 0.186. The number of rotatable bonds is 3. The van der Waals surface area contributed by atoms with Gasteiger partial charge in [0.15, 0.2) is 0 Å². The number of aliphatic hydroxyl groups is 1. The highest BCUT2D eigenvalue weighted by atomic mass is 16.3. The molecule has 0 bridgehead atoms. The Kier molecular flexibility index (Phi) is 4.76. The summed E-state index contributed by atoms with van der Waals surface area (Å²) in [4.78, 5) is 16.3. The van der Waals surface area contributed by atoms with Crippen LogP contribution < -0.4 is 5.32 Å². The molecule has 1 unspecified atom stereocenters. The fourth-order valence-electron chi connectivity index (χ4n) is 2.67. The van der Waals surface area contributed by atoms with E-state index in [0.29, 0.717) is 6.54 Å². The van der Waals surface area contributed by atoms with Crippen LogP contribution in [-0.4, -0.2) is 72.7 Å². The average molecular weight is 241 g/mol. The molecule has 2 aliphatic heterocycles. The molecule has 1 atom stereocenters. The van der Waals surface area contributed by atoms with Crippen molar-refractivity contribution < 1.29 is 9.90 Å². The first-order chi connectivity index (χ1) is 8.31. The Hall–Kier alpha value is -0.650. The second-order valence-corrected chi connectivity index (χ2v) is 4.95. The van der Waals surface area contributed by atoms with Crippen LogP contribution in [0.2, 0.25) is 0 Å². The summed E-state index contributed by atoms with van der Waals surface area (Å²) in [7, 11) is 0.